The Bertz CT molecular complexity index is 379. The number of rotatable bonds is 5. The maximum atomic E-state index is 9.27. The third-order valence-electron chi connectivity index (χ3n) is 2.79. The first-order chi connectivity index (χ1) is 8.15. The fourth-order valence-electron chi connectivity index (χ4n) is 1.94. The van der Waals surface area contributed by atoms with Crippen LogP contribution in [0.5, 0.6) is 11.5 Å². The van der Waals surface area contributed by atoms with Crippen molar-refractivity contribution in [3.05, 3.63) is 23.8 Å². The van der Waals surface area contributed by atoms with Crippen LogP contribution < -0.4 is 14.8 Å². The predicted molar refractivity (Wildman–Crippen MR) is 65.2 cm³/mol. The van der Waals surface area contributed by atoms with E-state index in [4.69, 9.17) is 9.47 Å². The summed E-state index contributed by atoms with van der Waals surface area (Å²) in [4.78, 5) is 0. The van der Waals surface area contributed by atoms with E-state index in [1.165, 1.54) is 0 Å². The molecule has 94 valence electrons. The lowest BCUT2D eigenvalue weighted by Crippen LogP contribution is -2.28. The molecule has 0 bridgehead atoms. The first kappa shape index (κ1) is 12.2. The molecule has 1 aliphatic rings. The van der Waals surface area contributed by atoms with E-state index in [1.807, 2.05) is 18.2 Å². The normalized spacial score (nSPS) is 16.9. The summed E-state index contributed by atoms with van der Waals surface area (Å²) in [5, 5.41) is 12.6. The molecule has 17 heavy (non-hydrogen) atoms. The van der Waals surface area contributed by atoms with Crippen molar-refractivity contribution in [3.63, 3.8) is 0 Å². The van der Waals surface area contributed by atoms with Gasteiger partial charge in [-0.25, -0.2) is 0 Å². The lowest BCUT2D eigenvalue weighted by atomic mass is 10.1. The van der Waals surface area contributed by atoms with Gasteiger partial charge in [0, 0.05) is 12.6 Å². The predicted octanol–water partition coefficient (Wildman–Crippen LogP) is 1.66. The monoisotopic (exact) mass is 237 g/mol. The van der Waals surface area contributed by atoms with Crippen LogP contribution in [0, 0.1) is 0 Å². The van der Waals surface area contributed by atoms with E-state index < -0.39 is 0 Å². The molecule has 0 radical (unpaired) electrons. The van der Waals surface area contributed by atoms with E-state index in [9.17, 15) is 5.11 Å². The molecule has 1 aliphatic heterocycles. The number of hydrogen-bond acceptors (Lipinski definition) is 4. The second kappa shape index (κ2) is 5.38. The molecular formula is C13H19NO3. The number of hydrogen-bond donors (Lipinski definition) is 2. The summed E-state index contributed by atoms with van der Waals surface area (Å²) in [5.41, 5.74) is 1.16. The molecule has 0 spiro atoms. The summed E-state index contributed by atoms with van der Waals surface area (Å²) in [6.07, 6.45) is 0.485. The number of ether oxygens (including phenoxy) is 2. The van der Waals surface area contributed by atoms with Gasteiger partial charge in [0.2, 0.25) is 6.79 Å². The first-order valence-electron chi connectivity index (χ1n) is 5.95. The van der Waals surface area contributed by atoms with Crippen molar-refractivity contribution in [2.45, 2.75) is 39.0 Å². The highest BCUT2D eigenvalue weighted by molar-refractivity contribution is 5.44. The maximum Gasteiger partial charge on any atom is 0.231 e. The molecule has 4 nitrogen and oxygen atoms in total. The Kier molecular flexibility index (Phi) is 3.86. The Morgan fingerprint density at radius 3 is 2.82 bits per heavy atom. The van der Waals surface area contributed by atoms with Gasteiger partial charge in [-0.05, 0) is 38.0 Å². The summed E-state index contributed by atoms with van der Waals surface area (Å²) >= 11 is 0. The lowest BCUT2D eigenvalue weighted by Gasteiger charge is -2.15. The van der Waals surface area contributed by atoms with Gasteiger partial charge in [0.05, 0.1) is 6.10 Å². The number of aliphatic hydroxyl groups excluding tert-OH is 1. The van der Waals surface area contributed by atoms with E-state index in [0.717, 1.165) is 30.0 Å². The Morgan fingerprint density at radius 2 is 2.06 bits per heavy atom. The number of benzene rings is 1. The zero-order valence-electron chi connectivity index (χ0n) is 10.3. The highest BCUT2D eigenvalue weighted by Crippen LogP contribution is 2.32. The van der Waals surface area contributed by atoms with E-state index in [1.54, 1.807) is 6.92 Å². The number of aliphatic hydroxyl groups is 1. The lowest BCUT2D eigenvalue weighted by molar-refractivity contribution is 0.170. The molecule has 1 aromatic rings. The largest absolute Gasteiger partial charge is 0.454 e. The summed E-state index contributed by atoms with van der Waals surface area (Å²) in [6, 6.07) is 6.24. The molecule has 2 unspecified atom stereocenters. The Morgan fingerprint density at radius 1 is 1.29 bits per heavy atom. The van der Waals surface area contributed by atoms with E-state index in [0.29, 0.717) is 12.8 Å². The topological polar surface area (TPSA) is 50.7 Å². The minimum atomic E-state index is -0.269. The first-order valence-corrected chi connectivity index (χ1v) is 5.95. The third-order valence-corrected chi connectivity index (χ3v) is 2.79. The van der Waals surface area contributed by atoms with Crippen LogP contribution >= 0.6 is 0 Å². The zero-order valence-corrected chi connectivity index (χ0v) is 10.3. The molecule has 0 aromatic heterocycles. The van der Waals surface area contributed by atoms with Gasteiger partial charge in [0.15, 0.2) is 11.5 Å². The molecule has 0 saturated carbocycles. The molecule has 2 atom stereocenters. The molecule has 1 aromatic carbocycles. The van der Waals surface area contributed by atoms with Crippen LogP contribution in [-0.4, -0.2) is 24.0 Å². The fourth-order valence-corrected chi connectivity index (χ4v) is 1.94. The average molecular weight is 237 g/mol. The minimum absolute atomic E-state index is 0.269. The summed E-state index contributed by atoms with van der Waals surface area (Å²) < 4.78 is 10.6. The third kappa shape index (κ3) is 3.35. The van der Waals surface area contributed by atoms with Crippen molar-refractivity contribution < 1.29 is 14.6 Å². The SMILES string of the molecule is CC(O)CC(C)NCc1ccc2c(c1)OCO2. The Balaban J connectivity index is 1.87. The fraction of sp³-hybridized carbons (Fsp3) is 0.538. The van der Waals surface area contributed by atoms with Crippen LogP contribution in [-0.2, 0) is 6.54 Å². The van der Waals surface area contributed by atoms with Gasteiger partial charge >= 0.3 is 0 Å². The highest BCUT2D eigenvalue weighted by Gasteiger charge is 2.13. The van der Waals surface area contributed by atoms with Crippen LogP contribution in [0.3, 0.4) is 0 Å². The molecule has 1 heterocycles. The van der Waals surface area contributed by atoms with Crippen molar-refractivity contribution >= 4 is 0 Å². The quantitative estimate of drug-likeness (QED) is 0.818. The van der Waals surface area contributed by atoms with Gasteiger partial charge in [-0.1, -0.05) is 6.07 Å². The molecule has 0 saturated heterocycles. The van der Waals surface area contributed by atoms with Crippen molar-refractivity contribution in [2.24, 2.45) is 0 Å². The van der Waals surface area contributed by atoms with Crippen LogP contribution in [0.1, 0.15) is 25.8 Å². The van der Waals surface area contributed by atoms with Crippen LogP contribution in [0.15, 0.2) is 18.2 Å². The van der Waals surface area contributed by atoms with Gasteiger partial charge in [-0.15, -0.1) is 0 Å². The molecule has 0 amide bonds. The summed E-state index contributed by atoms with van der Waals surface area (Å²) in [7, 11) is 0. The van der Waals surface area contributed by atoms with Crippen LogP contribution in [0.4, 0.5) is 0 Å². The molecule has 2 N–H and O–H groups in total. The highest BCUT2D eigenvalue weighted by atomic mass is 16.7. The summed E-state index contributed by atoms with van der Waals surface area (Å²) in [6.45, 7) is 4.95. The van der Waals surface area contributed by atoms with Crippen LogP contribution in [0.25, 0.3) is 0 Å². The van der Waals surface area contributed by atoms with Crippen molar-refractivity contribution in [2.75, 3.05) is 6.79 Å². The Labute approximate surface area is 102 Å². The maximum absolute atomic E-state index is 9.27. The van der Waals surface area contributed by atoms with Gasteiger partial charge < -0.3 is 19.9 Å². The van der Waals surface area contributed by atoms with Gasteiger partial charge in [-0.2, -0.15) is 0 Å². The number of fused-ring (bicyclic) bond motifs is 1. The van der Waals surface area contributed by atoms with Gasteiger partial charge in [0.25, 0.3) is 0 Å². The zero-order chi connectivity index (χ0) is 12.3. The minimum Gasteiger partial charge on any atom is -0.454 e. The van der Waals surface area contributed by atoms with Crippen molar-refractivity contribution in [1.29, 1.82) is 0 Å². The standard InChI is InChI=1S/C13H19NO3/c1-9(5-10(2)15)14-7-11-3-4-12-13(6-11)17-8-16-12/h3-4,6,9-10,14-15H,5,7-8H2,1-2H3. The smallest absolute Gasteiger partial charge is 0.231 e. The average Bonchev–Trinajstić information content (AvgIpc) is 2.72. The van der Waals surface area contributed by atoms with Crippen molar-refractivity contribution in [1.82, 2.24) is 5.32 Å². The van der Waals surface area contributed by atoms with Gasteiger partial charge in [-0.3, -0.25) is 0 Å². The molecule has 0 fully saturated rings. The second-order valence-corrected chi connectivity index (χ2v) is 4.55. The molecule has 2 rings (SSSR count). The van der Waals surface area contributed by atoms with E-state index in [2.05, 4.69) is 12.2 Å². The molecule has 4 heteroatoms. The second-order valence-electron chi connectivity index (χ2n) is 4.55. The van der Waals surface area contributed by atoms with Crippen molar-refractivity contribution in [3.8, 4) is 11.5 Å². The molecular weight excluding hydrogens is 218 g/mol. The summed E-state index contributed by atoms with van der Waals surface area (Å²) in [5.74, 6) is 1.62. The van der Waals surface area contributed by atoms with E-state index in [-0.39, 0.29) is 6.10 Å². The van der Waals surface area contributed by atoms with Crippen LogP contribution in [0.2, 0.25) is 0 Å². The molecule has 0 aliphatic carbocycles. The Hall–Kier alpha value is -1.26. The van der Waals surface area contributed by atoms with E-state index >= 15 is 0 Å². The number of nitrogens with one attached hydrogen (secondary N) is 1. The van der Waals surface area contributed by atoms with Gasteiger partial charge in [0.1, 0.15) is 0 Å².